The summed E-state index contributed by atoms with van der Waals surface area (Å²) in [5.41, 5.74) is 1.74. The minimum absolute atomic E-state index is 0.0915. The van der Waals surface area contributed by atoms with E-state index >= 15 is 0 Å². The highest BCUT2D eigenvalue weighted by molar-refractivity contribution is 7.80. The Morgan fingerprint density at radius 1 is 1.25 bits per heavy atom. The molecule has 20 heavy (non-hydrogen) atoms. The molecule has 0 radical (unpaired) electrons. The van der Waals surface area contributed by atoms with E-state index in [4.69, 9.17) is 12.2 Å². The average Bonchev–Trinajstić information content (AvgIpc) is 2.37. The van der Waals surface area contributed by atoms with Crippen LogP contribution in [0.3, 0.4) is 0 Å². The molecule has 1 aromatic rings. The summed E-state index contributed by atoms with van der Waals surface area (Å²) in [5.74, 6) is 0.461. The average molecular weight is 292 g/mol. The molecule has 0 aromatic heterocycles. The Morgan fingerprint density at radius 3 is 2.25 bits per heavy atom. The summed E-state index contributed by atoms with van der Waals surface area (Å²) in [5, 5.41) is 6.06. The summed E-state index contributed by atoms with van der Waals surface area (Å²) in [6.07, 6.45) is 1.12. The first-order valence-corrected chi connectivity index (χ1v) is 7.37. The molecule has 4 heteroatoms. The van der Waals surface area contributed by atoms with E-state index < -0.39 is 5.41 Å². The molecule has 0 spiro atoms. The van der Waals surface area contributed by atoms with Crippen LogP contribution in [0.15, 0.2) is 24.3 Å². The smallest absolute Gasteiger partial charge is 0.231 e. The maximum Gasteiger partial charge on any atom is 0.231 e. The van der Waals surface area contributed by atoms with Crippen molar-refractivity contribution in [2.24, 2.45) is 5.41 Å². The van der Waals surface area contributed by atoms with Gasteiger partial charge in [-0.15, -0.1) is 0 Å². The predicted octanol–water partition coefficient (Wildman–Crippen LogP) is 4.06. The van der Waals surface area contributed by atoms with Gasteiger partial charge < -0.3 is 10.6 Å². The van der Waals surface area contributed by atoms with Crippen molar-refractivity contribution in [3.05, 3.63) is 29.8 Å². The van der Waals surface area contributed by atoms with Crippen molar-refractivity contribution in [3.8, 4) is 0 Å². The van der Waals surface area contributed by atoms with Gasteiger partial charge in [0.2, 0.25) is 5.91 Å². The van der Waals surface area contributed by atoms with Gasteiger partial charge in [0.05, 0.1) is 0 Å². The lowest BCUT2D eigenvalue weighted by atomic mass is 9.96. The van der Waals surface area contributed by atoms with Crippen LogP contribution in [0, 0.1) is 5.41 Å². The van der Waals surface area contributed by atoms with Gasteiger partial charge >= 0.3 is 0 Å². The van der Waals surface area contributed by atoms with E-state index in [1.165, 1.54) is 5.56 Å². The van der Waals surface area contributed by atoms with E-state index in [1.807, 2.05) is 32.9 Å². The Kier molecular flexibility index (Phi) is 5.69. The molecule has 2 N–H and O–H groups in total. The zero-order chi connectivity index (χ0) is 15.3. The third kappa shape index (κ3) is 4.93. The van der Waals surface area contributed by atoms with E-state index in [0.29, 0.717) is 11.0 Å². The van der Waals surface area contributed by atoms with E-state index in [1.54, 1.807) is 0 Å². The summed E-state index contributed by atoms with van der Waals surface area (Å²) >= 11 is 5.15. The molecule has 0 aliphatic rings. The monoisotopic (exact) mass is 292 g/mol. The van der Waals surface area contributed by atoms with Gasteiger partial charge in [0, 0.05) is 11.1 Å². The molecule has 0 aliphatic carbocycles. The molecule has 0 bridgehead atoms. The van der Waals surface area contributed by atoms with Crippen LogP contribution in [0.2, 0.25) is 0 Å². The third-order valence-electron chi connectivity index (χ3n) is 3.26. The fraction of sp³-hybridized carbons (Fsp3) is 0.500. The molecule has 0 fully saturated rings. The number of nitrogens with one attached hydrogen (secondary N) is 2. The van der Waals surface area contributed by atoms with E-state index in [2.05, 4.69) is 36.6 Å². The van der Waals surface area contributed by atoms with Gasteiger partial charge in [-0.2, -0.15) is 0 Å². The third-order valence-corrected chi connectivity index (χ3v) is 3.46. The van der Waals surface area contributed by atoms with Gasteiger partial charge in [-0.3, -0.25) is 4.79 Å². The number of benzene rings is 1. The maximum absolute atomic E-state index is 11.8. The summed E-state index contributed by atoms with van der Waals surface area (Å²) in [6, 6.07) is 8.14. The summed E-state index contributed by atoms with van der Waals surface area (Å²) < 4.78 is 0. The first kappa shape index (κ1) is 16.6. The van der Waals surface area contributed by atoms with Crippen molar-refractivity contribution in [1.82, 2.24) is 5.32 Å². The maximum atomic E-state index is 11.8. The quantitative estimate of drug-likeness (QED) is 0.825. The van der Waals surface area contributed by atoms with Gasteiger partial charge in [0.1, 0.15) is 0 Å². The second-order valence-corrected chi connectivity index (χ2v) is 6.50. The van der Waals surface area contributed by atoms with E-state index in [9.17, 15) is 4.79 Å². The van der Waals surface area contributed by atoms with E-state index in [-0.39, 0.29) is 5.91 Å². The minimum Gasteiger partial charge on any atom is -0.332 e. The number of amides is 1. The van der Waals surface area contributed by atoms with Crippen molar-refractivity contribution < 1.29 is 4.79 Å². The molecule has 1 amide bonds. The normalized spacial score (nSPS) is 12.7. The number of anilines is 1. The first-order valence-electron chi connectivity index (χ1n) is 6.96. The molecule has 1 aromatic carbocycles. The van der Waals surface area contributed by atoms with Gasteiger partial charge in [0.25, 0.3) is 0 Å². The lowest BCUT2D eigenvalue weighted by Gasteiger charge is -2.18. The standard InChI is InChI=1S/C16H24N2OS/c1-6-11(2)12-7-9-13(10-8-12)17-15(20)18-14(19)16(3,4)5/h7-11H,6H2,1-5H3,(H2,17,18,19,20)/t11-/m0/s1. The van der Waals surface area contributed by atoms with Crippen LogP contribution in [-0.4, -0.2) is 11.0 Å². The molecular weight excluding hydrogens is 268 g/mol. The molecule has 0 saturated carbocycles. The van der Waals surface area contributed by atoms with E-state index in [0.717, 1.165) is 12.1 Å². The molecule has 3 nitrogen and oxygen atoms in total. The predicted molar refractivity (Wildman–Crippen MR) is 89.0 cm³/mol. The van der Waals surface area contributed by atoms with Crippen LogP contribution < -0.4 is 10.6 Å². The molecule has 1 atom stereocenters. The zero-order valence-electron chi connectivity index (χ0n) is 12.9. The number of hydrogen-bond acceptors (Lipinski definition) is 2. The van der Waals surface area contributed by atoms with Gasteiger partial charge in [-0.05, 0) is 42.3 Å². The highest BCUT2D eigenvalue weighted by atomic mass is 32.1. The first-order chi connectivity index (χ1) is 9.24. The van der Waals surface area contributed by atoms with Gasteiger partial charge in [0.15, 0.2) is 5.11 Å². The summed E-state index contributed by atoms with van der Waals surface area (Å²) in [4.78, 5) is 11.8. The lowest BCUT2D eigenvalue weighted by molar-refractivity contribution is -0.126. The lowest BCUT2D eigenvalue weighted by Crippen LogP contribution is -2.41. The number of carbonyl (C=O) groups is 1. The van der Waals surface area contributed by atoms with Crippen molar-refractivity contribution in [3.63, 3.8) is 0 Å². The Hall–Kier alpha value is -1.42. The van der Waals surface area contributed by atoms with Gasteiger partial charge in [-0.25, -0.2) is 0 Å². The van der Waals surface area contributed by atoms with Crippen LogP contribution in [0.1, 0.15) is 52.5 Å². The highest BCUT2D eigenvalue weighted by Crippen LogP contribution is 2.20. The van der Waals surface area contributed by atoms with Gasteiger partial charge in [-0.1, -0.05) is 46.8 Å². The Balaban J connectivity index is 2.61. The van der Waals surface area contributed by atoms with Crippen molar-refractivity contribution >= 4 is 28.9 Å². The van der Waals surface area contributed by atoms with Crippen LogP contribution in [0.4, 0.5) is 5.69 Å². The zero-order valence-corrected chi connectivity index (χ0v) is 13.7. The fourth-order valence-electron chi connectivity index (χ4n) is 1.58. The highest BCUT2D eigenvalue weighted by Gasteiger charge is 2.21. The van der Waals surface area contributed by atoms with Crippen LogP contribution in [0.25, 0.3) is 0 Å². The van der Waals surface area contributed by atoms with Crippen LogP contribution in [0.5, 0.6) is 0 Å². The summed E-state index contributed by atoms with van der Waals surface area (Å²) in [7, 11) is 0. The molecule has 0 saturated heterocycles. The molecule has 0 aliphatic heterocycles. The largest absolute Gasteiger partial charge is 0.332 e. The second-order valence-electron chi connectivity index (χ2n) is 6.09. The summed E-state index contributed by atoms with van der Waals surface area (Å²) in [6.45, 7) is 9.94. The number of thiocarbonyl (C=S) groups is 1. The Morgan fingerprint density at radius 2 is 1.80 bits per heavy atom. The SMILES string of the molecule is CC[C@H](C)c1ccc(NC(=S)NC(=O)C(C)(C)C)cc1. The molecular formula is C16H24N2OS. The second kappa shape index (κ2) is 6.84. The van der Waals surface area contributed by atoms with Crippen molar-refractivity contribution in [2.75, 3.05) is 5.32 Å². The molecule has 0 heterocycles. The van der Waals surface area contributed by atoms with Crippen molar-refractivity contribution in [1.29, 1.82) is 0 Å². The topological polar surface area (TPSA) is 41.1 Å². The Bertz CT molecular complexity index is 474. The van der Waals surface area contributed by atoms with Crippen LogP contribution in [-0.2, 0) is 4.79 Å². The number of rotatable bonds is 3. The molecule has 110 valence electrons. The Labute approximate surface area is 127 Å². The van der Waals surface area contributed by atoms with Crippen molar-refractivity contribution in [2.45, 2.75) is 47.0 Å². The fourth-order valence-corrected chi connectivity index (χ4v) is 1.79. The molecule has 1 rings (SSSR count). The van der Waals surface area contributed by atoms with Crippen LogP contribution >= 0.6 is 12.2 Å². The minimum atomic E-state index is -0.452. The number of carbonyl (C=O) groups excluding carboxylic acids is 1. The molecule has 0 unspecified atom stereocenters. The number of hydrogen-bond donors (Lipinski definition) is 2.